The summed E-state index contributed by atoms with van der Waals surface area (Å²) in [5.74, 6) is 0. The van der Waals surface area contributed by atoms with Crippen molar-refractivity contribution in [3.8, 4) is 6.07 Å². The molecule has 1 unspecified atom stereocenters. The Morgan fingerprint density at radius 1 is 1.70 bits per heavy atom. The fourth-order valence-electron chi connectivity index (χ4n) is 1.19. The molecule has 1 atom stereocenters. The number of nitrogens with one attached hydrogen (secondary N) is 1. The Hall–Kier alpha value is -0.590. The standard InChI is InChI=1S/C7H12N2O/c1-10-7(5-8)3-2-4-9-6-7/h9H,2-4,6H2,1H3. The van der Waals surface area contributed by atoms with Crippen molar-refractivity contribution in [2.75, 3.05) is 20.2 Å². The summed E-state index contributed by atoms with van der Waals surface area (Å²) in [7, 11) is 1.59. The largest absolute Gasteiger partial charge is 0.362 e. The van der Waals surface area contributed by atoms with E-state index in [9.17, 15) is 0 Å². The highest BCUT2D eigenvalue weighted by Crippen LogP contribution is 2.18. The number of ether oxygens (including phenoxy) is 1. The molecule has 0 aromatic heterocycles. The lowest BCUT2D eigenvalue weighted by molar-refractivity contribution is 0.0193. The maximum Gasteiger partial charge on any atom is 0.166 e. The van der Waals surface area contributed by atoms with Crippen molar-refractivity contribution in [3.63, 3.8) is 0 Å². The van der Waals surface area contributed by atoms with Gasteiger partial charge in [0.1, 0.15) is 0 Å². The normalized spacial score (nSPS) is 33.2. The third-order valence-electron chi connectivity index (χ3n) is 1.94. The zero-order valence-electron chi connectivity index (χ0n) is 6.18. The Morgan fingerprint density at radius 3 is 2.80 bits per heavy atom. The van der Waals surface area contributed by atoms with E-state index in [0.29, 0.717) is 6.54 Å². The molecular weight excluding hydrogens is 128 g/mol. The van der Waals surface area contributed by atoms with Crippen molar-refractivity contribution in [2.45, 2.75) is 18.4 Å². The second-order valence-corrected chi connectivity index (χ2v) is 2.59. The molecule has 0 radical (unpaired) electrons. The molecule has 0 aliphatic carbocycles. The van der Waals surface area contributed by atoms with Crippen LogP contribution in [0.25, 0.3) is 0 Å². The van der Waals surface area contributed by atoms with E-state index in [-0.39, 0.29) is 0 Å². The molecule has 1 saturated heterocycles. The lowest BCUT2D eigenvalue weighted by atomic mass is 9.96. The van der Waals surface area contributed by atoms with Crippen molar-refractivity contribution < 1.29 is 4.74 Å². The van der Waals surface area contributed by atoms with Crippen LogP contribution in [0.5, 0.6) is 0 Å². The van der Waals surface area contributed by atoms with Crippen LogP contribution < -0.4 is 5.32 Å². The molecule has 0 amide bonds. The van der Waals surface area contributed by atoms with E-state index in [1.807, 2.05) is 0 Å². The Kier molecular flexibility index (Phi) is 2.25. The average molecular weight is 140 g/mol. The summed E-state index contributed by atoms with van der Waals surface area (Å²) >= 11 is 0. The second-order valence-electron chi connectivity index (χ2n) is 2.59. The molecule has 0 spiro atoms. The van der Waals surface area contributed by atoms with Gasteiger partial charge in [0.15, 0.2) is 5.60 Å². The highest BCUT2D eigenvalue weighted by molar-refractivity contribution is 5.04. The van der Waals surface area contributed by atoms with Gasteiger partial charge in [-0.1, -0.05) is 0 Å². The Labute approximate surface area is 61.0 Å². The predicted octanol–water partition coefficient (Wildman–Crippen LogP) is 0.279. The van der Waals surface area contributed by atoms with Crippen molar-refractivity contribution in [2.24, 2.45) is 0 Å². The second kappa shape index (κ2) is 3.00. The number of nitrogens with zero attached hydrogens (tertiary/aromatic N) is 1. The van der Waals surface area contributed by atoms with Gasteiger partial charge in [-0.25, -0.2) is 0 Å². The molecule has 1 N–H and O–H groups in total. The first kappa shape index (κ1) is 7.52. The molecule has 1 heterocycles. The van der Waals surface area contributed by atoms with E-state index in [0.717, 1.165) is 19.4 Å². The van der Waals surface area contributed by atoms with Gasteiger partial charge in [-0.3, -0.25) is 0 Å². The monoisotopic (exact) mass is 140 g/mol. The van der Waals surface area contributed by atoms with Gasteiger partial charge in [-0.15, -0.1) is 0 Å². The summed E-state index contributed by atoms with van der Waals surface area (Å²) < 4.78 is 5.10. The first-order valence-corrected chi connectivity index (χ1v) is 3.50. The third-order valence-corrected chi connectivity index (χ3v) is 1.94. The minimum absolute atomic E-state index is 0.543. The molecule has 0 aromatic rings. The van der Waals surface area contributed by atoms with Crippen molar-refractivity contribution in [1.82, 2.24) is 5.32 Å². The number of piperidine rings is 1. The Balaban J connectivity index is 2.55. The van der Waals surface area contributed by atoms with E-state index in [1.54, 1.807) is 7.11 Å². The van der Waals surface area contributed by atoms with Crippen LogP contribution in [0, 0.1) is 11.3 Å². The number of methoxy groups -OCH3 is 1. The average Bonchev–Trinajstić information content (AvgIpc) is 2.06. The van der Waals surface area contributed by atoms with Crippen LogP contribution >= 0.6 is 0 Å². The van der Waals surface area contributed by atoms with Gasteiger partial charge >= 0.3 is 0 Å². The predicted molar refractivity (Wildman–Crippen MR) is 37.5 cm³/mol. The van der Waals surface area contributed by atoms with Crippen LogP contribution in [0.15, 0.2) is 0 Å². The summed E-state index contributed by atoms with van der Waals surface area (Å²) in [6.07, 6.45) is 1.88. The van der Waals surface area contributed by atoms with Crippen LogP contribution in [0.1, 0.15) is 12.8 Å². The van der Waals surface area contributed by atoms with E-state index in [2.05, 4.69) is 11.4 Å². The van der Waals surface area contributed by atoms with Gasteiger partial charge < -0.3 is 10.1 Å². The summed E-state index contributed by atoms with van der Waals surface area (Å²) in [5, 5.41) is 11.9. The van der Waals surface area contributed by atoms with Crippen molar-refractivity contribution >= 4 is 0 Å². The lowest BCUT2D eigenvalue weighted by Crippen LogP contribution is -2.45. The minimum atomic E-state index is -0.543. The highest BCUT2D eigenvalue weighted by atomic mass is 16.5. The quantitative estimate of drug-likeness (QED) is 0.569. The molecule has 56 valence electrons. The lowest BCUT2D eigenvalue weighted by Gasteiger charge is -2.29. The molecule has 3 heteroatoms. The van der Waals surface area contributed by atoms with Gasteiger partial charge in [0.2, 0.25) is 0 Å². The van der Waals surface area contributed by atoms with Crippen LogP contribution in [-0.2, 0) is 4.74 Å². The molecule has 1 rings (SSSR count). The molecule has 0 bridgehead atoms. The molecule has 1 aliphatic heterocycles. The summed E-state index contributed by atoms with van der Waals surface area (Å²) in [6, 6.07) is 2.18. The molecule has 0 saturated carbocycles. The minimum Gasteiger partial charge on any atom is -0.362 e. The van der Waals surface area contributed by atoms with Gasteiger partial charge in [0.25, 0.3) is 0 Å². The SMILES string of the molecule is COC1(C#N)CCCNC1. The molecule has 3 nitrogen and oxygen atoms in total. The molecule has 0 aromatic carbocycles. The van der Waals surface area contributed by atoms with E-state index < -0.39 is 5.60 Å². The summed E-state index contributed by atoms with van der Waals surface area (Å²) in [4.78, 5) is 0. The smallest absolute Gasteiger partial charge is 0.166 e. The van der Waals surface area contributed by atoms with E-state index in [1.165, 1.54) is 0 Å². The maximum absolute atomic E-state index is 8.73. The number of hydrogen-bond donors (Lipinski definition) is 1. The van der Waals surface area contributed by atoms with Crippen molar-refractivity contribution in [1.29, 1.82) is 5.26 Å². The Bertz CT molecular complexity index is 144. The van der Waals surface area contributed by atoms with Crippen LogP contribution in [0.4, 0.5) is 0 Å². The van der Waals surface area contributed by atoms with Crippen LogP contribution in [0.3, 0.4) is 0 Å². The number of hydrogen-bond acceptors (Lipinski definition) is 3. The van der Waals surface area contributed by atoms with E-state index >= 15 is 0 Å². The third kappa shape index (κ3) is 1.28. The Morgan fingerprint density at radius 2 is 2.50 bits per heavy atom. The first-order valence-electron chi connectivity index (χ1n) is 3.50. The first-order chi connectivity index (χ1) is 4.83. The zero-order chi connectivity index (χ0) is 7.45. The highest BCUT2D eigenvalue weighted by Gasteiger charge is 2.31. The van der Waals surface area contributed by atoms with Gasteiger partial charge in [-0.2, -0.15) is 5.26 Å². The molecule has 1 fully saturated rings. The number of nitriles is 1. The maximum atomic E-state index is 8.73. The van der Waals surface area contributed by atoms with Crippen molar-refractivity contribution in [3.05, 3.63) is 0 Å². The fraction of sp³-hybridized carbons (Fsp3) is 0.857. The number of rotatable bonds is 1. The molecule has 1 aliphatic rings. The zero-order valence-corrected chi connectivity index (χ0v) is 6.18. The van der Waals surface area contributed by atoms with E-state index in [4.69, 9.17) is 10.00 Å². The molecular formula is C7H12N2O. The fourth-order valence-corrected chi connectivity index (χ4v) is 1.19. The van der Waals surface area contributed by atoms with Gasteiger partial charge in [-0.05, 0) is 19.4 Å². The molecule has 10 heavy (non-hydrogen) atoms. The topological polar surface area (TPSA) is 45.0 Å². The summed E-state index contributed by atoms with van der Waals surface area (Å²) in [5.41, 5.74) is -0.543. The summed E-state index contributed by atoms with van der Waals surface area (Å²) in [6.45, 7) is 1.67. The van der Waals surface area contributed by atoms with Gasteiger partial charge in [0, 0.05) is 13.7 Å². The van der Waals surface area contributed by atoms with Gasteiger partial charge in [0.05, 0.1) is 6.07 Å². The van der Waals surface area contributed by atoms with Crippen LogP contribution in [0.2, 0.25) is 0 Å². The van der Waals surface area contributed by atoms with Crippen LogP contribution in [-0.4, -0.2) is 25.8 Å².